The second-order valence-electron chi connectivity index (χ2n) is 9.52. The second kappa shape index (κ2) is 12.6. The molecule has 28 heavy (non-hydrogen) atoms. The van der Waals surface area contributed by atoms with Gasteiger partial charge in [-0.3, -0.25) is 4.99 Å². The zero-order valence-corrected chi connectivity index (χ0v) is 21.1. The predicted octanol–water partition coefficient (Wildman–Crippen LogP) is 4.60. The van der Waals surface area contributed by atoms with Crippen LogP contribution >= 0.6 is 24.0 Å². The Morgan fingerprint density at radius 1 is 1.18 bits per heavy atom. The first-order valence-electron chi connectivity index (χ1n) is 11.0. The van der Waals surface area contributed by atoms with Crippen molar-refractivity contribution in [2.24, 2.45) is 21.7 Å². The van der Waals surface area contributed by atoms with Gasteiger partial charge in [0.2, 0.25) is 0 Å². The minimum absolute atomic E-state index is 0. The van der Waals surface area contributed by atoms with Crippen molar-refractivity contribution in [1.82, 2.24) is 10.6 Å². The van der Waals surface area contributed by atoms with Crippen LogP contribution in [-0.2, 0) is 9.47 Å². The highest BCUT2D eigenvalue weighted by molar-refractivity contribution is 14.0. The summed E-state index contributed by atoms with van der Waals surface area (Å²) >= 11 is 0. The molecule has 2 N–H and O–H groups in total. The van der Waals surface area contributed by atoms with Gasteiger partial charge in [-0.15, -0.1) is 24.0 Å². The van der Waals surface area contributed by atoms with Crippen LogP contribution in [0.15, 0.2) is 4.99 Å². The van der Waals surface area contributed by atoms with Crippen LogP contribution in [0.2, 0.25) is 0 Å². The Balaban J connectivity index is 0.00000392. The van der Waals surface area contributed by atoms with E-state index in [9.17, 15) is 0 Å². The summed E-state index contributed by atoms with van der Waals surface area (Å²) in [7, 11) is 1.87. The van der Waals surface area contributed by atoms with E-state index < -0.39 is 0 Å². The van der Waals surface area contributed by atoms with Crippen LogP contribution in [-0.4, -0.2) is 52.0 Å². The molecule has 1 aliphatic heterocycles. The maximum atomic E-state index is 6.12. The normalized spacial score (nSPS) is 25.2. The van der Waals surface area contributed by atoms with Gasteiger partial charge in [-0.05, 0) is 49.9 Å². The Kier molecular flexibility index (Phi) is 11.7. The van der Waals surface area contributed by atoms with Crippen LogP contribution in [0.1, 0.15) is 72.6 Å². The van der Waals surface area contributed by atoms with Gasteiger partial charge in [-0.2, -0.15) is 0 Å². The van der Waals surface area contributed by atoms with Crippen molar-refractivity contribution in [2.75, 3.05) is 40.0 Å². The molecule has 0 aromatic rings. The van der Waals surface area contributed by atoms with E-state index in [2.05, 4.69) is 43.3 Å². The lowest BCUT2D eigenvalue weighted by Crippen LogP contribution is -2.49. The summed E-state index contributed by atoms with van der Waals surface area (Å²) in [4.78, 5) is 4.47. The third-order valence-electron chi connectivity index (χ3n) is 6.33. The molecule has 1 heterocycles. The van der Waals surface area contributed by atoms with Gasteiger partial charge < -0.3 is 20.1 Å². The largest absolute Gasteiger partial charge is 0.382 e. The van der Waals surface area contributed by atoms with Crippen molar-refractivity contribution >= 4 is 29.9 Å². The Labute approximate surface area is 190 Å². The van der Waals surface area contributed by atoms with Crippen LogP contribution in [0.25, 0.3) is 0 Å². The number of rotatable bonds is 8. The number of aliphatic imine (C=N–C) groups is 1. The van der Waals surface area contributed by atoms with Gasteiger partial charge in [0.25, 0.3) is 0 Å². The molecule has 0 amide bonds. The summed E-state index contributed by atoms with van der Waals surface area (Å²) < 4.78 is 11.8. The van der Waals surface area contributed by atoms with Crippen molar-refractivity contribution in [1.29, 1.82) is 0 Å². The third kappa shape index (κ3) is 7.98. The maximum Gasteiger partial charge on any atom is 0.191 e. The SMILES string of the molecule is CCOCCC1(CNC(=NC)NCC2CCCOC2C(C)(C)C)CCCC1.I. The van der Waals surface area contributed by atoms with Crippen molar-refractivity contribution in [3.63, 3.8) is 0 Å². The minimum Gasteiger partial charge on any atom is -0.382 e. The second-order valence-corrected chi connectivity index (χ2v) is 9.52. The fourth-order valence-electron chi connectivity index (χ4n) is 4.80. The highest BCUT2D eigenvalue weighted by Gasteiger charge is 2.36. The summed E-state index contributed by atoms with van der Waals surface area (Å²) in [5, 5.41) is 7.19. The molecule has 1 saturated carbocycles. The third-order valence-corrected chi connectivity index (χ3v) is 6.33. The number of hydrogen-bond acceptors (Lipinski definition) is 3. The highest BCUT2D eigenvalue weighted by Crippen LogP contribution is 2.40. The molecule has 2 fully saturated rings. The van der Waals surface area contributed by atoms with Crippen LogP contribution in [0.3, 0.4) is 0 Å². The van der Waals surface area contributed by atoms with Gasteiger partial charge in [0, 0.05) is 45.9 Å². The van der Waals surface area contributed by atoms with Crippen molar-refractivity contribution in [3.8, 4) is 0 Å². The molecule has 6 heteroatoms. The zero-order valence-electron chi connectivity index (χ0n) is 18.8. The number of nitrogens with one attached hydrogen (secondary N) is 2. The van der Waals surface area contributed by atoms with Gasteiger partial charge in [0.05, 0.1) is 6.10 Å². The Morgan fingerprint density at radius 3 is 2.50 bits per heavy atom. The summed E-state index contributed by atoms with van der Waals surface area (Å²) in [6, 6.07) is 0. The minimum atomic E-state index is 0. The molecule has 2 unspecified atom stereocenters. The molecular weight excluding hydrogens is 465 g/mol. The molecule has 2 aliphatic rings. The number of hydrogen-bond donors (Lipinski definition) is 2. The Hall–Kier alpha value is -0.0800. The molecular formula is C22H44IN3O2. The van der Waals surface area contributed by atoms with E-state index in [0.29, 0.717) is 17.4 Å². The van der Waals surface area contributed by atoms with Crippen molar-refractivity contribution < 1.29 is 9.47 Å². The lowest BCUT2D eigenvalue weighted by molar-refractivity contribution is -0.0835. The monoisotopic (exact) mass is 509 g/mol. The van der Waals surface area contributed by atoms with E-state index >= 15 is 0 Å². The van der Waals surface area contributed by atoms with Crippen LogP contribution < -0.4 is 10.6 Å². The molecule has 0 bridgehead atoms. The number of nitrogens with zero attached hydrogens (tertiary/aromatic N) is 1. The smallest absolute Gasteiger partial charge is 0.191 e. The maximum absolute atomic E-state index is 6.12. The molecule has 0 aromatic carbocycles. The van der Waals surface area contributed by atoms with Gasteiger partial charge in [0.1, 0.15) is 0 Å². The van der Waals surface area contributed by atoms with E-state index in [1.54, 1.807) is 0 Å². The molecule has 1 saturated heterocycles. The van der Waals surface area contributed by atoms with E-state index in [-0.39, 0.29) is 29.4 Å². The van der Waals surface area contributed by atoms with Gasteiger partial charge >= 0.3 is 0 Å². The average molecular weight is 510 g/mol. The van der Waals surface area contributed by atoms with Crippen molar-refractivity contribution in [2.45, 2.75) is 78.7 Å². The Bertz CT molecular complexity index is 459. The topological polar surface area (TPSA) is 54.9 Å². The molecule has 0 aromatic heterocycles. The van der Waals surface area contributed by atoms with Gasteiger partial charge in [-0.25, -0.2) is 0 Å². The van der Waals surface area contributed by atoms with Gasteiger partial charge in [-0.1, -0.05) is 33.6 Å². The summed E-state index contributed by atoms with van der Waals surface area (Å²) in [5.41, 5.74) is 0.547. The molecule has 1 aliphatic carbocycles. The van der Waals surface area contributed by atoms with E-state index in [1.807, 2.05) is 7.05 Å². The summed E-state index contributed by atoms with van der Waals surface area (Å²) in [6.07, 6.45) is 9.12. The van der Waals surface area contributed by atoms with E-state index in [0.717, 1.165) is 51.7 Å². The molecule has 166 valence electrons. The summed E-state index contributed by atoms with van der Waals surface area (Å²) in [5.74, 6) is 1.46. The summed E-state index contributed by atoms with van der Waals surface area (Å²) in [6.45, 7) is 13.4. The first kappa shape index (κ1) is 26.0. The fourth-order valence-corrected chi connectivity index (χ4v) is 4.80. The lowest BCUT2D eigenvalue weighted by Gasteiger charge is -2.40. The van der Waals surface area contributed by atoms with Crippen molar-refractivity contribution in [3.05, 3.63) is 0 Å². The molecule has 2 atom stereocenters. The molecule has 2 rings (SSSR count). The number of ether oxygens (including phenoxy) is 2. The number of halogens is 1. The quantitative estimate of drug-likeness (QED) is 0.217. The Morgan fingerprint density at radius 2 is 1.89 bits per heavy atom. The zero-order chi connectivity index (χ0) is 19.8. The first-order valence-corrected chi connectivity index (χ1v) is 11.0. The van der Waals surface area contributed by atoms with Crippen LogP contribution in [0.4, 0.5) is 0 Å². The first-order chi connectivity index (χ1) is 12.9. The molecule has 0 spiro atoms. The molecule has 0 radical (unpaired) electrons. The van der Waals surface area contributed by atoms with E-state index in [4.69, 9.17) is 9.47 Å². The fraction of sp³-hybridized carbons (Fsp3) is 0.955. The average Bonchev–Trinajstić information content (AvgIpc) is 3.11. The number of guanidine groups is 1. The lowest BCUT2D eigenvalue weighted by atomic mass is 9.78. The predicted molar refractivity (Wildman–Crippen MR) is 129 cm³/mol. The molecule has 5 nitrogen and oxygen atoms in total. The van der Waals surface area contributed by atoms with Crippen LogP contribution in [0, 0.1) is 16.7 Å². The van der Waals surface area contributed by atoms with Crippen LogP contribution in [0.5, 0.6) is 0 Å². The highest BCUT2D eigenvalue weighted by atomic mass is 127. The van der Waals surface area contributed by atoms with E-state index in [1.165, 1.54) is 32.1 Å². The van der Waals surface area contributed by atoms with Gasteiger partial charge in [0.15, 0.2) is 5.96 Å². The standard InChI is InChI=1S/C22H43N3O2.HI/c1-6-26-15-13-22(11-7-8-12-22)17-25-20(23-5)24-16-18-10-9-14-27-19(18)21(2,3)4;/h18-19H,6-17H2,1-5H3,(H2,23,24,25);1H.